The van der Waals surface area contributed by atoms with Gasteiger partial charge in [0.15, 0.2) is 0 Å². The highest BCUT2D eigenvalue weighted by molar-refractivity contribution is 5.22. The molecule has 3 atom stereocenters. The van der Waals surface area contributed by atoms with E-state index in [1.165, 1.54) is 17.7 Å². The predicted octanol–water partition coefficient (Wildman–Crippen LogP) is 3.62. The maximum absolute atomic E-state index is 13.0. The maximum atomic E-state index is 13.0. The number of aliphatic hydroxyl groups is 1. The van der Waals surface area contributed by atoms with Gasteiger partial charge in [-0.25, -0.2) is 4.39 Å². The summed E-state index contributed by atoms with van der Waals surface area (Å²) in [6.45, 7) is 0.797. The summed E-state index contributed by atoms with van der Waals surface area (Å²) in [5, 5.41) is 10.8. The second-order valence-corrected chi connectivity index (χ2v) is 6.50. The topological polar surface area (TPSA) is 32.7 Å². The van der Waals surface area contributed by atoms with Crippen LogP contribution in [0.1, 0.15) is 24.8 Å². The molecular weight excluding hydrogens is 305 g/mol. The second-order valence-electron chi connectivity index (χ2n) is 6.50. The molecule has 1 aliphatic rings. The Labute approximate surface area is 142 Å². The molecule has 24 heavy (non-hydrogen) atoms. The Kier molecular flexibility index (Phi) is 5.48. The fourth-order valence-electron chi connectivity index (χ4n) is 3.40. The van der Waals surface area contributed by atoms with Gasteiger partial charge in [-0.1, -0.05) is 30.3 Å². The van der Waals surface area contributed by atoms with Crippen LogP contribution in [0, 0.1) is 5.82 Å². The van der Waals surface area contributed by atoms with E-state index in [1.54, 1.807) is 12.1 Å². The van der Waals surface area contributed by atoms with Crippen LogP contribution in [0.4, 0.5) is 4.39 Å². The first-order valence-corrected chi connectivity index (χ1v) is 8.48. The zero-order valence-corrected chi connectivity index (χ0v) is 13.9. The van der Waals surface area contributed by atoms with Crippen LogP contribution in [0.25, 0.3) is 0 Å². The van der Waals surface area contributed by atoms with E-state index in [1.807, 2.05) is 25.2 Å². The molecule has 1 fully saturated rings. The highest BCUT2D eigenvalue weighted by Gasteiger charge is 2.35. The van der Waals surface area contributed by atoms with Crippen LogP contribution in [-0.2, 0) is 6.54 Å². The van der Waals surface area contributed by atoms with Crippen molar-refractivity contribution in [1.29, 1.82) is 0 Å². The van der Waals surface area contributed by atoms with Crippen molar-refractivity contribution in [3.63, 3.8) is 0 Å². The van der Waals surface area contributed by atoms with E-state index in [-0.39, 0.29) is 18.0 Å². The number of likely N-dealkylation sites (N-methyl/N-ethyl adjacent to an activating group) is 1. The molecule has 1 N–H and O–H groups in total. The van der Waals surface area contributed by atoms with E-state index < -0.39 is 6.10 Å². The monoisotopic (exact) mass is 329 g/mol. The Bertz CT molecular complexity index is 632. The molecule has 3 nitrogen and oxygen atoms in total. The molecule has 0 heterocycles. The number of rotatable bonds is 5. The van der Waals surface area contributed by atoms with Crippen LogP contribution in [0.5, 0.6) is 5.75 Å². The fraction of sp³-hybridized carbons (Fsp3) is 0.400. The van der Waals surface area contributed by atoms with Gasteiger partial charge in [-0.2, -0.15) is 0 Å². The Morgan fingerprint density at radius 1 is 1.08 bits per heavy atom. The Morgan fingerprint density at radius 2 is 1.79 bits per heavy atom. The van der Waals surface area contributed by atoms with Crippen molar-refractivity contribution in [1.82, 2.24) is 4.90 Å². The standard InChI is InChI=1S/C20H24FNO2/c1-22(14-15-6-3-2-4-7-15)18-8-5-9-19(20(18)23)24-17-12-10-16(21)11-13-17/h2-4,6-7,10-13,18-20,23H,5,8-9,14H2,1H3/t18-,19+,20+/m0/s1. The molecule has 0 unspecified atom stereocenters. The summed E-state index contributed by atoms with van der Waals surface area (Å²) in [6.07, 6.45) is 1.96. The molecule has 0 spiro atoms. The van der Waals surface area contributed by atoms with Crippen LogP contribution >= 0.6 is 0 Å². The van der Waals surface area contributed by atoms with Crippen molar-refractivity contribution in [2.45, 2.75) is 44.1 Å². The van der Waals surface area contributed by atoms with Gasteiger partial charge in [0.2, 0.25) is 0 Å². The zero-order valence-electron chi connectivity index (χ0n) is 13.9. The average Bonchev–Trinajstić information content (AvgIpc) is 2.59. The summed E-state index contributed by atoms with van der Waals surface area (Å²) >= 11 is 0. The SMILES string of the molecule is CN(Cc1ccccc1)[C@H]1CCC[C@@H](Oc2ccc(F)cc2)[C@@H]1O. The third-order valence-electron chi connectivity index (χ3n) is 4.71. The molecule has 0 saturated heterocycles. The first kappa shape index (κ1) is 16.9. The number of hydrogen-bond donors (Lipinski definition) is 1. The van der Waals surface area contributed by atoms with Gasteiger partial charge in [-0.15, -0.1) is 0 Å². The summed E-state index contributed by atoms with van der Waals surface area (Å²) in [5.41, 5.74) is 1.23. The van der Waals surface area contributed by atoms with E-state index in [9.17, 15) is 9.50 Å². The van der Waals surface area contributed by atoms with Crippen molar-refractivity contribution in [2.75, 3.05) is 7.05 Å². The summed E-state index contributed by atoms with van der Waals surface area (Å²) in [5.74, 6) is 0.318. The molecular formula is C20H24FNO2. The van der Waals surface area contributed by atoms with Gasteiger partial charge in [0.25, 0.3) is 0 Å². The van der Waals surface area contributed by atoms with Gasteiger partial charge < -0.3 is 9.84 Å². The number of aliphatic hydroxyl groups excluding tert-OH is 1. The lowest BCUT2D eigenvalue weighted by molar-refractivity contribution is -0.0491. The van der Waals surface area contributed by atoms with Gasteiger partial charge in [-0.3, -0.25) is 4.90 Å². The smallest absolute Gasteiger partial charge is 0.126 e. The van der Waals surface area contributed by atoms with Crippen molar-refractivity contribution in [3.05, 3.63) is 66.0 Å². The quantitative estimate of drug-likeness (QED) is 0.909. The molecule has 4 heteroatoms. The van der Waals surface area contributed by atoms with E-state index in [0.717, 1.165) is 25.8 Å². The first-order chi connectivity index (χ1) is 11.6. The molecule has 2 aromatic rings. The molecule has 1 saturated carbocycles. The second kappa shape index (κ2) is 7.77. The summed E-state index contributed by atoms with van der Waals surface area (Å²) in [4.78, 5) is 2.19. The molecule has 1 aliphatic carbocycles. The average molecular weight is 329 g/mol. The zero-order chi connectivity index (χ0) is 16.9. The number of benzene rings is 2. The summed E-state index contributed by atoms with van der Waals surface area (Å²) < 4.78 is 18.9. The van der Waals surface area contributed by atoms with Gasteiger partial charge in [-0.05, 0) is 56.1 Å². The minimum Gasteiger partial charge on any atom is -0.488 e. The highest BCUT2D eigenvalue weighted by atomic mass is 19.1. The Balaban J connectivity index is 1.63. The van der Waals surface area contributed by atoms with Gasteiger partial charge in [0, 0.05) is 12.6 Å². The molecule has 0 aliphatic heterocycles. The third kappa shape index (κ3) is 4.13. The lowest BCUT2D eigenvalue weighted by atomic mass is 9.88. The van der Waals surface area contributed by atoms with Gasteiger partial charge >= 0.3 is 0 Å². The summed E-state index contributed by atoms with van der Waals surface area (Å²) in [6, 6.07) is 16.3. The molecule has 3 rings (SSSR count). The molecule has 0 aromatic heterocycles. The number of halogens is 1. The normalized spacial score (nSPS) is 24.1. The fourth-order valence-corrected chi connectivity index (χ4v) is 3.40. The number of hydrogen-bond acceptors (Lipinski definition) is 3. The molecule has 2 aromatic carbocycles. The van der Waals surface area contributed by atoms with Crippen molar-refractivity contribution in [3.8, 4) is 5.75 Å². The number of nitrogens with zero attached hydrogens (tertiary/aromatic N) is 1. The van der Waals surface area contributed by atoms with Crippen LogP contribution in [-0.4, -0.2) is 35.3 Å². The lowest BCUT2D eigenvalue weighted by Crippen LogP contribution is -2.51. The molecule has 128 valence electrons. The van der Waals surface area contributed by atoms with Crippen LogP contribution in [0.15, 0.2) is 54.6 Å². The van der Waals surface area contributed by atoms with Crippen LogP contribution in [0.2, 0.25) is 0 Å². The largest absolute Gasteiger partial charge is 0.488 e. The van der Waals surface area contributed by atoms with Crippen molar-refractivity contribution < 1.29 is 14.2 Å². The first-order valence-electron chi connectivity index (χ1n) is 8.48. The molecule has 0 amide bonds. The third-order valence-corrected chi connectivity index (χ3v) is 4.71. The maximum Gasteiger partial charge on any atom is 0.126 e. The van der Waals surface area contributed by atoms with Crippen LogP contribution < -0.4 is 4.74 Å². The van der Waals surface area contributed by atoms with E-state index in [0.29, 0.717) is 5.75 Å². The highest BCUT2D eigenvalue weighted by Crippen LogP contribution is 2.27. The summed E-state index contributed by atoms with van der Waals surface area (Å²) in [7, 11) is 2.04. The lowest BCUT2D eigenvalue weighted by Gasteiger charge is -2.39. The number of ether oxygens (including phenoxy) is 1. The predicted molar refractivity (Wildman–Crippen MR) is 92.4 cm³/mol. The minimum atomic E-state index is -0.558. The minimum absolute atomic E-state index is 0.0596. The van der Waals surface area contributed by atoms with Gasteiger partial charge in [0.05, 0.1) is 0 Å². The van der Waals surface area contributed by atoms with Crippen LogP contribution in [0.3, 0.4) is 0 Å². The van der Waals surface area contributed by atoms with Crippen molar-refractivity contribution >= 4 is 0 Å². The van der Waals surface area contributed by atoms with E-state index >= 15 is 0 Å². The van der Waals surface area contributed by atoms with Crippen molar-refractivity contribution in [2.24, 2.45) is 0 Å². The van der Waals surface area contributed by atoms with E-state index in [4.69, 9.17) is 4.74 Å². The Hall–Kier alpha value is -1.91. The molecule has 0 radical (unpaired) electrons. The van der Waals surface area contributed by atoms with E-state index in [2.05, 4.69) is 17.0 Å². The Morgan fingerprint density at radius 3 is 2.50 bits per heavy atom. The molecule has 0 bridgehead atoms. The van der Waals surface area contributed by atoms with Gasteiger partial charge in [0.1, 0.15) is 23.8 Å².